The quantitative estimate of drug-likeness (QED) is 0.802. The highest BCUT2D eigenvalue weighted by atomic mass is 16.7. The van der Waals surface area contributed by atoms with E-state index in [4.69, 9.17) is 14.2 Å². The normalized spacial score (nSPS) is 15.5. The van der Waals surface area contributed by atoms with Crippen LogP contribution in [-0.4, -0.2) is 25.2 Å². The van der Waals surface area contributed by atoms with Crippen molar-refractivity contribution in [2.75, 3.05) is 18.2 Å². The van der Waals surface area contributed by atoms with Crippen LogP contribution in [0.5, 0.6) is 11.5 Å². The SMILES string of the molecule is O=C(OCc1ccc2c(c1)OCO2)c1ccc(N2CCCC2=O)cc1. The topological polar surface area (TPSA) is 65.1 Å². The maximum atomic E-state index is 12.2. The van der Waals surface area contributed by atoms with Gasteiger partial charge in [0.15, 0.2) is 11.5 Å². The Morgan fingerprint density at radius 2 is 1.88 bits per heavy atom. The molecule has 0 saturated carbocycles. The van der Waals surface area contributed by atoms with E-state index in [2.05, 4.69) is 0 Å². The van der Waals surface area contributed by atoms with Crippen LogP contribution in [0.2, 0.25) is 0 Å². The number of esters is 1. The van der Waals surface area contributed by atoms with Gasteiger partial charge in [0.2, 0.25) is 12.7 Å². The molecule has 1 saturated heterocycles. The van der Waals surface area contributed by atoms with Crippen LogP contribution in [0, 0.1) is 0 Å². The number of benzene rings is 2. The van der Waals surface area contributed by atoms with Gasteiger partial charge in [0.1, 0.15) is 6.61 Å². The van der Waals surface area contributed by atoms with Crippen molar-refractivity contribution in [3.8, 4) is 11.5 Å². The lowest BCUT2D eigenvalue weighted by atomic mass is 10.2. The Morgan fingerprint density at radius 3 is 2.64 bits per heavy atom. The number of anilines is 1. The number of carbonyl (C=O) groups excluding carboxylic acids is 2. The molecule has 2 aromatic rings. The van der Waals surface area contributed by atoms with Gasteiger partial charge in [-0.3, -0.25) is 4.79 Å². The Hall–Kier alpha value is -3.02. The fraction of sp³-hybridized carbons (Fsp3) is 0.263. The van der Waals surface area contributed by atoms with Crippen LogP contribution in [0.15, 0.2) is 42.5 Å². The van der Waals surface area contributed by atoms with Gasteiger partial charge in [0.05, 0.1) is 5.56 Å². The first-order chi connectivity index (χ1) is 12.2. The Morgan fingerprint density at radius 1 is 1.08 bits per heavy atom. The first kappa shape index (κ1) is 15.5. The third-order valence-corrected chi connectivity index (χ3v) is 4.30. The summed E-state index contributed by atoms with van der Waals surface area (Å²) in [7, 11) is 0. The van der Waals surface area contributed by atoms with Crippen molar-refractivity contribution in [3.63, 3.8) is 0 Å². The predicted octanol–water partition coefficient (Wildman–Crippen LogP) is 2.90. The zero-order chi connectivity index (χ0) is 17.2. The number of ether oxygens (including phenoxy) is 3. The molecule has 1 amide bonds. The average molecular weight is 339 g/mol. The molecule has 2 aliphatic rings. The summed E-state index contributed by atoms with van der Waals surface area (Å²) in [5.74, 6) is 1.07. The van der Waals surface area contributed by atoms with Gasteiger partial charge in [0.25, 0.3) is 0 Å². The van der Waals surface area contributed by atoms with E-state index in [9.17, 15) is 9.59 Å². The van der Waals surface area contributed by atoms with Crippen molar-refractivity contribution in [3.05, 3.63) is 53.6 Å². The van der Waals surface area contributed by atoms with Gasteiger partial charge < -0.3 is 19.1 Å². The van der Waals surface area contributed by atoms with Gasteiger partial charge in [0, 0.05) is 18.7 Å². The molecule has 2 heterocycles. The number of carbonyl (C=O) groups is 2. The first-order valence-corrected chi connectivity index (χ1v) is 8.17. The summed E-state index contributed by atoms with van der Waals surface area (Å²) in [6, 6.07) is 12.4. The molecule has 0 N–H and O–H groups in total. The summed E-state index contributed by atoms with van der Waals surface area (Å²) in [4.78, 5) is 25.7. The third-order valence-electron chi connectivity index (χ3n) is 4.30. The van der Waals surface area contributed by atoms with Crippen molar-refractivity contribution < 1.29 is 23.8 Å². The van der Waals surface area contributed by atoms with E-state index >= 15 is 0 Å². The first-order valence-electron chi connectivity index (χ1n) is 8.17. The Labute approximate surface area is 144 Å². The van der Waals surface area contributed by atoms with Crippen molar-refractivity contribution in [2.24, 2.45) is 0 Å². The van der Waals surface area contributed by atoms with Crippen molar-refractivity contribution in [1.29, 1.82) is 0 Å². The molecular formula is C19H17NO5. The Kier molecular flexibility index (Phi) is 4.01. The highest BCUT2D eigenvalue weighted by molar-refractivity contribution is 5.96. The Balaban J connectivity index is 1.38. The number of fused-ring (bicyclic) bond motifs is 1. The fourth-order valence-electron chi connectivity index (χ4n) is 2.96. The third kappa shape index (κ3) is 3.15. The molecule has 0 atom stereocenters. The van der Waals surface area contributed by atoms with Crippen molar-refractivity contribution >= 4 is 17.6 Å². The maximum Gasteiger partial charge on any atom is 0.338 e. The van der Waals surface area contributed by atoms with Gasteiger partial charge >= 0.3 is 5.97 Å². The smallest absolute Gasteiger partial charge is 0.338 e. The minimum Gasteiger partial charge on any atom is -0.457 e. The highest BCUT2D eigenvalue weighted by Crippen LogP contribution is 2.32. The summed E-state index contributed by atoms with van der Waals surface area (Å²) in [6.07, 6.45) is 1.46. The van der Waals surface area contributed by atoms with E-state index in [1.54, 1.807) is 41.3 Å². The van der Waals surface area contributed by atoms with Crippen LogP contribution >= 0.6 is 0 Å². The second kappa shape index (κ2) is 6.47. The Bertz CT molecular complexity index is 815. The maximum absolute atomic E-state index is 12.2. The van der Waals surface area contributed by atoms with Crippen LogP contribution in [-0.2, 0) is 16.1 Å². The van der Waals surface area contributed by atoms with Crippen LogP contribution in [0.3, 0.4) is 0 Å². The fourth-order valence-corrected chi connectivity index (χ4v) is 2.96. The van der Waals surface area contributed by atoms with Crippen LogP contribution in [0.25, 0.3) is 0 Å². The molecule has 4 rings (SSSR count). The van der Waals surface area contributed by atoms with Crippen molar-refractivity contribution in [2.45, 2.75) is 19.4 Å². The van der Waals surface area contributed by atoms with Gasteiger partial charge in [-0.25, -0.2) is 4.79 Å². The summed E-state index contributed by atoms with van der Waals surface area (Å²) in [6.45, 7) is 1.10. The van der Waals surface area contributed by atoms with Gasteiger partial charge in [-0.05, 0) is 48.4 Å². The molecule has 0 radical (unpaired) electrons. The minimum absolute atomic E-state index is 0.123. The standard InChI is InChI=1S/C19H17NO5/c21-18-2-1-9-20(18)15-6-4-14(5-7-15)19(22)23-11-13-3-8-16-17(10-13)25-12-24-16/h3-8,10H,1-2,9,11-12H2. The van der Waals surface area contributed by atoms with Gasteiger partial charge in [-0.2, -0.15) is 0 Å². The van der Waals surface area contributed by atoms with Crippen LogP contribution < -0.4 is 14.4 Å². The van der Waals surface area contributed by atoms with E-state index in [1.807, 2.05) is 6.07 Å². The number of rotatable bonds is 4. The van der Waals surface area contributed by atoms with Crippen molar-refractivity contribution in [1.82, 2.24) is 0 Å². The molecule has 0 spiro atoms. The molecule has 2 aliphatic heterocycles. The molecule has 6 heteroatoms. The summed E-state index contributed by atoms with van der Waals surface area (Å²) < 4.78 is 15.9. The largest absolute Gasteiger partial charge is 0.457 e. The molecular weight excluding hydrogens is 322 g/mol. The number of amides is 1. The molecule has 1 fully saturated rings. The highest BCUT2D eigenvalue weighted by Gasteiger charge is 2.22. The van der Waals surface area contributed by atoms with E-state index < -0.39 is 5.97 Å². The second-order valence-electron chi connectivity index (χ2n) is 5.96. The van der Waals surface area contributed by atoms with Gasteiger partial charge in [-0.1, -0.05) is 6.07 Å². The zero-order valence-electron chi connectivity index (χ0n) is 13.6. The molecule has 0 aliphatic carbocycles. The lowest BCUT2D eigenvalue weighted by Crippen LogP contribution is -2.23. The zero-order valence-corrected chi connectivity index (χ0v) is 13.6. The predicted molar refractivity (Wildman–Crippen MR) is 89.7 cm³/mol. The lowest BCUT2D eigenvalue weighted by molar-refractivity contribution is -0.117. The molecule has 25 heavy (non-hydrogen) atoms. The monoisotopic (exact) mass is 339 g/mol. The van der Waals surface area contributed by atoms with E-state index in [-0.39, 0.29) is 19.3 Å². The average Bonchev–Trinajstić information content (AvgIpc) is 3.28. The second-order valence-corrected chi connectivity index (χ2v) is 5.96. The van der Waals surface area contributed by atoms with E-state index in [0.29, 0.717) is 23.5 Å². The number of hydrogen-bond donors (Lipinski definition) is 0. The number of nitrogens with zero attached hydrogens (tertiary/aromatic N) is 1. The molecule has 6 nitrogen and oxygen atoms in total. The van der Waals surface area contributed by atoms with E-state index in [0.717, 1.165) is 24.2 Å². The minimum atomic E-state index is -0.406. The molecule has 0 unspecified atom stereocenters. The van der Waals surface area contributed by atoms with Crippen LogP contribution in [0.4, 0.5) is 5.69 Å². The summed E-state index contributed by atoms with van der Waals surface area (Å²) in [5.41, 5.74) is 2.10. The summed E-state index contributed by atoms with van der Waals surface area (Å²) >= 11 is 0. The molecule has 0 aromatic heterocycles. The van der Waals surface area contributed by atoms with Crippen LogP contribution in [0.1, 0.15) is 28.8 Å². The molecule has 0 bridgehead atoms. The molecule has 2 aromatic carbocycles. The molecule has 128 valence electrons. The van der Waals surface area contributed by atoms with E-state index in [1.165, 1.54) is 0 Å². The van der Waals surface area contributed by atoms with Gasteiger partial charge in [-0.15, -0.1) is 0 Å². The summed E-state index contributed by atoms with van der Waals surface area (Å²) in [5, 5.41) is 0. The number of hydrogen-bond acceptors (Lipinski definition) is 5. The lowest BCUT2D eigenvalue weighted by Gasteiger charge is -2.15.